The highest BCUT2D eigenvalue weighted by Gasteiger charge is 2.45. The van der Waals surface area contributed by atoms with Crippen molar-refractivity contribution in [2.24, 2.45) is 23.7 Å². The van der Waals surface area contributed by atoms with E-state index in [4.69, 9.17) is 19.7 Å². The van der Waals surface area contributed by atoms with Gasteiger partial charge in [0, 0.05) is 69.4 Å². The van der Waals surface area contributed by atoms with Gasteiger partial charge in [-0.3, -0.25) is 14.5 Å². The van der Waals surface area contributed by atoms with Crippen molar-refractivity contribution in [3.8, 4) is 45.2 Å². The number of thiazole rings is 1. The number of aromatic nitrogens is 5. The van der Waals surface area contributed by atoms with Gasteiger partial charge >= 0.3 is 0 Å². The molecule has 6 atom stereocenters. The Balaban J connectivity index is 0.603. The zero-order chi connectivity index (χ0) is 54.0. The smallest absolute Gasteiger partial charge is 0.254 e. The number of carbonyl (C=O) groups is 2. The van der Waals surface area contributed by atoms with Crippen molar-refractivity contribution >= 4 is 34.7 Å². The lowest BCUT2D eigenvalue weighted by molar-refractivity contribution is -0.141. The molecule has 3 aliphatic heterocycles. The number of ether oxygens (including phenoxy) is 2. The predicted octanol–water partition coefficient (Wildman–Crippen LogP) is 8.15. The summed E-state index contributed by atoms with van der Waals surface area (Å²) in [6.45, 7) is 12.5. The van der Waals surface area contributed by atoms with Crippen LogP contribution in [0.15, 0.2) is 89.0 Å². The van der Waals surface area contributed by atoms with Gasteiger partial charge < -0.3 is 45.1 Å². The number of amides is 2. The van der Waals surface area contributed by atoms with Crippen molar-refractivity contribution in [1.29, 1.82) is 0 Å². The summed E-state index contributed by atoms with van der Waals surface area (Å²) in [4.78, 5) is 44.3. The fourth-order valence-corrected chi connectivity index (χ4v) is 13.4. The number of para-hydroxylation sites is 1. The van der Waals surface area contributed by atoms with Crippen LogP contribution in [-0.4, -0.2) is 127 Å². The van der Waals surface area contributed by atoms with Crippen LogP contribution in [0.1, 0.15) is 112 Å². The van der Waals surface area contributed by atoms with Gasteiger partial charge in [-0.2, -0.15) is 0 Å². The van der Waals surface area contributed by atoms with Crippen molar-refractivity contribution < 1.29 is 33.8 Å². The number of benzene rings is 2. The summed E-state index contributed by atoms with van der Waals surface area (Å²) in [6, 6.07) is 22.1. The maximum absolute atomic E-state index is 14.2. The molecular weight excluding hydrogens is 1000 g/mol. The molecule has 408 valence electrons. The van der Waals surface area contributed by atoms with Crippen molar-refractivity contribution in [1.82, 2.24) is 40.4 Å². The van der Waals surface area contributed by atoms with Gasteiger partial charge in [0.25, 0.3) is 5.88 Å². The lowest BCUT2D eigenvalue weighted by atomic mass is 9.79. The summed E-state index contributed by atoms with van der Waals surface area (Å²) >= 11 is 1.59. The topological polar surface area (TPSA) is 218 Å². The molecule has 0 radical (unpaired) electrons. The number of aliphatic hydroxyl groups is 1. The minimum absolute atomic E-state index is 0.0559. The number of carbonyl (C=O) groups excluding carboxylic acids is 2. The SMILES string of the molecule is Cc1ncsc1-c1ccc([C@H](C)NC(=O)[C@@H]2C[C@@H](O)CN2C(=O)[C@@H](c2cc(OCCN3CCC(OC4CC(C#Cc5cc(C6C7CCC6CN(c6cc(-c8ccccc8O)nnc6N)C7)ccn5)C4)CC3)no2)C(C)C)cc1. The fourth-order valence-electron chi connectivity index (χ4n) is 12.5. The second-order valence-corrected chi connectivity index (χ2v) is 23.3. The fraction of sp³-hybridized carbons (Fsp3) is 0.483. The molecule has 4 aromatic heterocycles. The van der Waals surface area contributed by atoms with Crippen molar-refractivity contribution in [2.45, 2.75) is 115 Å². The predicted molar refractivity (Wildman–Crippen MR) is 297 cm³/mol. The number of phenolic OH excluding ortho intramolecular Hbond substituents is 1. The number of β-amino-alcohol motifs (C(OH)–C–C–N with tert-alkyl or cyclic N) is 1. The number of fused-ring (bicyclic) bond motifs is 2. The zero-order valence-electron chi connectivity index (χ0n) is 44.8. The largest absolute Gasteiger partial charge is 0.507 e. The standard InChI is InChI=1S/C60H70N10O7S/c1-35(2)55(60(74)70-33-45(71)28-51(70)59(73)64-36(3)39-10-12-40(13-11-39)57-37(4)63-34-78-57)53-30-54(67-77-53)75-24-23-68-21-18-46(19-22-68)76-47-25-38(26-47)9-16-44-27-41(17-20-62-44)56-42-14-15-43(56)32-69(31-42)50-29-49(65-66-58(50)61)48-7-5-6-8-52(48)72/h5-8,10-13,17,20,27,29-30,34-36,38,42-43,45-47,51,55-56,71-72H,14-15,18-19,21-26,28,31-33H2,1-4H3,(H2,61,66)(H,64,73)/t36-,38?,42?,43?,45+,47?,51-,55+,56?/m0/s1. The highest BCUT2D eigenvalue weighted by molar-refractivity contribution is 7.13. The molecule has 11 rings (SSSR count). The summed E-state index contributed by atoms with van der Waals surface area (Å²) in [7, 11) is 0. The number of hydrogen-bond acceptors (Lipinski definition) is 16. The molecule has 5 fully saturated rings. The third kappa shape index (κ3) is 11.6. The third-order valence-electron chi connectivity index (χ3n) is 16.8. The molecule has 78 heavy (non-hydrogen) atoms. The van der Waals surface area contributed by atoms with E-state index in [9.17, 15) is 19.8 Å². The van der Waals surface area contributed by atoms with E-state index in [-0.39, 0.29) is 54.7 Å². The highest BCUT2D eigenvalue weighted by atomic mass is 32.1. The van der Waals surface area contributed by atoms with E-state index in [1.54, 1.807) is 29.5 Å². The van der Waals surface area contributed by atoms with E-state index in [0.717, 1.165) is 104 Å². The Morgan fingerprint density at radius 2 is 1.69 bits per heavy atom. The summed E-state index contributed by atoms with van der Waals surface area (Å²) in [5, 5.41) is 37.0. The van der Waals surface area contributed by atoms with Crippen LogP contribution in [0.3, 0.4) is 0 Å². The van der Waals surface area contributed by atoms with Crippen LogP contribution < -0.4 is 20.7 Å². The van der Waals surface area contributed by atoms with Gasteiger partial charge in [-0.15, -0.1) is 21.5 Å². The molecular formula is C60H70N10O7S. The molecule has 5 aliphatic rings. The monoisotopic (exact) mass is 1070 g/mol. The maximum Gasteiger partial charge on any atom is 0.254 e. The first-order valence-electron chi connectivity index (χ1n) is 27.7. The van der Waals surface area contributed by atoms with Crippen LogP contribution in [0, 0.1) is 42.4 Å². The van der Waals surface area contributed by atoms with Crippen molar-refractivity contribution in [2.75, 3.05) is 56.5 Å². The van der Waals surface area contributed by atoms with Crippen LogP contribution in [0.25, 0.3) is 21.7 Å². The quantitative estimate of drug-likeness (QED) is 0.0673. The van der Waals surface area contributed by atoms with Gasteiger partial charge in [-0.1, -0.05) is 56.2 Å². The lowest BCUT2D eigenvalue weighted by Crippen LogP contribution is -2.48. The van der Waals surface area contributed by atoms with E-state index in [0.29, 0.717) is 59.0 Å². The van der Waals surface area contributed by atoms with E-state index >= 15 is 0 Å². The number of aliphatic hydroxyl groups excluding tert-OH is 1. The molecule has 2 aliphatic carbocycles. The number of rotatable bonds is 16. The Bertz CT molecular complexity index is 3130. The van der Waals surface area contributed by atoms with Gasteiger partial charge in [-0.05, 0) is 134 Å². The summed E-state index contributed by atoms with van der Waals surface area (Å²) in [5.41, 5.74) is 15.5. The number of piperidine rings is 2. The number of nitrogen functional groups attached to an aromatic ring is 1. The third-order valence-corrected chi connectivity index (χ3v) is 17.8. The molecule has 2 unspecified atom stereocenters. The number of likely N-dealkylation sites (tertiary alicyclic amines) is 2. The second-order valence-electron chi connectivity index (χ2n) is 22.4. The number of pyridine rings is 1. The molecule has 2 bridgehead atoms. The average Bonchev–Trinajstić information content (AvgIpc) is 4.35. The molecule has 0 spiro atoms. The lowest BCUT2D eigenvalue weighted by Gasteiger charge is -2.39. The number of anilines is 2. The zero-order valence-corrected chi connectivity index (χ0v) is 45.6. The highest BCUT2D eigenvalue weighted by Crippen LogP contribution is 2.50. The summed E-state index contributed by atoms with van der Waals surface area (Å²) < 4.78 is 18.4. The van der Waals surface area contributed by atoms with Crippen LogP contribution in [0.2, 0.25) is 0 Å². The van der Waals surface area contributed by atoms with Crippen LogP contribution >= 0.6 is 11.3 Å². The van der Waals surface area contributed by atoms with Crippen LogP contribution in [0.5, 0.6) is 11.6 Å². The number of nitrogens with two attached hydrogens (primary N) is 1. The molecule has 2 aromatic carbocycles. The van der Waals surface area contributed by atoms with Gasteiger partial charge in [0.05, 0.1) is 51.8 Å². The van der Waals surface area contributed by atoms with Crippen molar-refractivity contribution in [3.05, 3.63) is 113 Å². The minimum Gasteiger partial charge on any atom is -0.507 e. The first kappa shape index (κ1) is 53.1. The Morgan fingerprint density at radius 3 is 2.42 bits per heavy atom. The van der Waals surface area contributed by atoms with Crippen LogP contribution in [-0.2, 0) is 14.3 Å². The van der Waals surface area contributed by atoms with E-state index < -0.39 is 18.1 Å². The van der Waals surface area contributed by atoms with E-state index in [1.165, 1.54) is 10.5 Å². The molecule has 17 nitrogen and oxygen atoms in total. The Hall–Kier alpha value is -6.91. The first-order valence-corrected chi connectivity index (χ1v) is 28.6. The Labute approximate surface area is 459 Å². The molecule has 2 saturated carbocycles. The molecule has 7 heterocycles. The first-order chi connectivity index (χ1) is 37.8. The van der Waals surface area contributed by atoms with Gasteiger partial charge in [0.1, 0.15) is 30.0 Å². The maximum atomic E-state index is 14.2. The summed E-state index contributed by atoms with van der Waals surface area (Å²) in [6.07, 6.45) is 7.76. The molecule has 18 heteroatoms. The number of aromatic hydroxyl groups is 1. The minimum atomic E-state index is -0.826. The normalized spacial score (nSPS) is 24.1. The van der Waals surface area contributed by atoms with Gasteiger partial charge in [0.15, 0.2) is 11.6 Å². The Morgan fingerprint density at radius 1 is 0.923 bits per heavy atom. The number of phenols is 1. The number of aryl methyl sites for hydroxylation is 1. The molecule has 2 amide bonds. The van der Waals surface area contributed by atoms with Gasteiger partial charge in [-0.25, -0.2) is 9.97 Å². The number of hydrogen-bond donors (Lipinski definition) is 4. The average molecular weight is 1080 g/mol. The van der Waals surface area contributed by atoms with E-state index in [1.807, 2.05) is 81.9 Å². The Kier molecular flexibility index (Phi) is 15.8. The van der Waals surface area contributed by atoms with E-state index in [2.05, 4.69) is 64.4 Å². The number of nitrogens with zero attached hydrogens (tertiary/aromatic N) is 8. The molecule has 6 aromatic rings. The number of nitrogens with one attached hydrogen (secondary N) is 1. The van der Waals surface area contributed by atoms with Crippen molar-refractivity contribution in [3.63, 3.8) is 0 Å². The summed E-state index contributed by atoms with van der Waals surface area (Å²) in [5.74, 6) is 8.34. The molecule has 3 saturated heterocycles. The molecule has 5 N–H and O–H groups in total. The second kappa shape index (κ2) is 23.2. The van der Waals surface area contributed by atoms with Gasteiger partial charge in [0.2, 0.25) is 11.8 Å². The van der Waals surface area contributed by atoms with Crippen LogP contribution in [0.4, 0.5) is 11.5 Å².